The van der Waals surface area contributed by atoms with E-state index in [9.17, 15) is 0 Å². The number of nitrogens with zero attached hydrogens (tertiary/aromatic N) is 1. The Balaban J connectivity index is 2.84. The smallest absolute Gasteiger partial charge is 0.0925 e. The highest BCUT2D eigenvalue weighted by Crippen LogP contribution is 2.25. The van der Waals surface area contributed by atoms with E-state index < -0.39 is 0 Å². The van der Waals surface area contributed by atoms with Crippen molar-refractivity contribution in [2.45, 2.75) is 25.3 Å². The number of allylic oxidation sites excluding steroid dienone is 2. The average Bonchev–Trinajstić information content (AvgIpc) is 2.07. The molecule has 0 saturated heterocycles. The van der Waals surface area contributed by atoms with Gasteiger partial charge in [0, 0.05) is 0 Å². The monoisotopic (exact) mass is 165 g/mol. The fraction of sp³-hybridized carbons (Fsp3) is 0.444. The Hall–Kier alpha value is -0.720. The molecule has 0 amide bonds. The molecule has 1 rings (SSSR count). The van der Waals surface area contributed by atoms with Crippen LogP contribution in [0, 0.1) is 0 Å². The summed E-state index contributed by atoms with van der Waals surface area (Å²) in [4.78, 5) is 4.16. The molecule has 0 unspecified atom stereocenters. The van der Waals surface area contributed by atoms with Crippen LogP contribution in [0.15, 0.2) is 29.3 Å². The molecule has 0 heterocycles. The second-order valence-corrected chi connectivity index (χ2v) is 2.83. The van der Waals surface area contributed by atoms with Gasteiger partial charge < -0.3 is 0 Å². The van der Waals surface area contributed by atoms with E-state index >= 15 is 0 Å². The Kier molecular flexibility index (Phi) is 2.75. The Bertz CT molecular complexity index is 236. The molecule has 0 saturated carbocycles. The molecule has 2 heteroatoms. The summed E-state index contributed by atoms with van der Waals surface area (Å²) < 4.78 is 0. The maximum absolute atomic E-state index is 4.60. The van der Waals surface area contributed by atoms with Gasteiger partial charge in [0.15, 0.2) is 0 Å². The van der Waals surface area contributed by atoms with Gasteiger partial charge in [-0.3, -0.25) is 0 Å². The van der Waals surface area contributed by atoms with E-state index in [0.29, 0.717) is 0 Å². The predicted molar refractivity (Wildman–Crippen MR) is 50.9 cm³/mol. The van der Waals surface area contributed by atoms with Crippen LogP contribution in [0.5, 0.6) is 0 Å². The van der Waals surface area contributed by atoms with E-state index in [1.54, 1.807) is 0 Å². The van der Waals surface area contributed by atoms with Crippen molar-refractivity contribution in [3.63, 3.8) is 0 Å². The molecule has 1 aliphatic rings. The van der Waals surface area contributed by atoms with Crippen LogP contribution in [0.25, 0.3) is 0 Å². The molecule has 0 aromatic carbocycles. The van der Waals surface area contributed by atoms with E-state index in [0.717, 1.165) is 12.8 Å². The van der Waals surface area contributed by atoms with Gasteiger partial charge in [0.1, 0.15) is 0 Å². The number of isothiocyanates is 1. The standard InChI is InChI=1S/C9H11NS/c1-2-9(10-8-11)6-4-3-5-7-9/h3-6H,2,7H2,1H3/t9-/m0/s1. The zero-order chi connectivity index (χ0) is 8.16. The van der Waals surface area contributed by atoms with E-state index in [4.69, 9.17) is 0 Å². The van der Waals surface area contributed by atoms with E-state index in [1.165, 1.54) is 0 Å². The summed E-state index contributed by atoms with van der Waals surface area (Å²) in [6, 6.07) is 0. The molecular weight excluding hydrogens is 154 g/mol. The van der Waals surface area contributed by atoms with Crippen molar-refractivity contribution < 1.29 is 0 Å². The minimum absolute atomic E-state index is 0.0868. The van der Waals surface area contributed by atoms with Gasteiger partial charge in [-0.25, -0.2) is 4.99 Å². The highest BCUT2D eigenvalue weighted by Gasteiger charge is 2.22. The van der Waals surface area contributed by atoms with Crippen LogP contribution in [0.2, 0.25) is 0 Å². The first kappa shape index (κ1) is 8.38. The predicted octanol–water partition coefficient (Wildman–Crippen LogP) is 2.75. The van der Waals surface area contributed by atoms with Gasteiger partial charge in [-0.15, -0.1) is 0 Å². The van der Waals surface area contributed by atoms with Crippen molar-refractivity contribution >= 4 is 17.4 Å². The summed E-state index contributed by atoms with van der Waals surface area (Å²) in [5, 5.41) is 2.45. The lowest BCUT2D eigenvalue weighted by molar-refractivity contribution is 0.520. The second kappa shape index (κ2) is 3.61. The van der Waals surface area contributed by atoms with Crippen LogP contribution in [0.4, 0.5) is 0 Å². The first-order valence-electron chi connectivity index (χ1n) is 3.76. The molecule has 0 radical (unpaired) electrons. The van der Waals surface area contributed by atoms with E-state index in [-0.39, 0.29) is 5.54 Å². The summed E-state index contributed by atoms with van der Waals surface area (Å²) in [6.45, 7) is 2.11. The third-order valence-electron chi connectivity index (χ3n) is 2.01. The maximum atomic E-state index is 4.60. The highest BCUT2D eigenvalue weighted by atomic mass is 32.1. The summed E-state index contributed by atoms with van der Waals surface area (Å²) in [7, 11) is 0. The highest BCUT2D eigenvalue weighted by molar-refractivity contribution is 7.78. The molecule has 0 aromatic rings. The van der Waals surface area contributed by atoms with Gasteiger partial charge in [-0.1, -0.05) is 31.2 Å². The summed E-state index contributed by atoms with van der Waals surface area (Å²) in [5.74, 6) is 0. The topological polar surface area (TPSA) is 12.4 Å². The molecule has 1 atom stereocenters. The van der Waals surface area contributed by atoms with Crippen LogP contribution < -0.4 is 0 Å². The van der Waals surface area contributed by atoms with Crippen LogP contribution in [-0.4, -0.2) is 10.7 Å². The second-order valence-electron chi connectivity index (χ2n) is 2.65. The fourth-order valence-corrected chi connectivity index (χ4v) is 1.35. The number of hydrogen-bond acceptors (Lipinski definition) is 2. The molecule has 1 aliphatic carbocycles. The number of thiocarbonyl (C=S) groups is 1. The molecule has 0 N–H and O–H groups in total. The molecule has 0 spiro atoms. The van der Waals surface area contributed by atoms with Crippen molar-refractivity contribution in [2.75, 3.05) is 0 Å². The fourth-order valence-electron chi connectivity index (χ4n) is 1.17. The maximum Gasteiger partial charge on any atom is 0.0925 e. The van der Waals surface area contributed by atoms with Gasteiger partial charge in [0.05, 0.1) is 10.7 Å². The van der Waals surface area contributed by atoms with Crippen molar-refractivity contribution in [2.24, 2.45) is 4.99 Å². The molecule has 0 aromatic heterocycles. The summed E-state index contributed by atoms with van der Waals surface area (Å²) in [6.07, 6.45) is 10.2. The first-order valence-corrected chi connectivity index (χ1v) is 4.17. The third-order valence-corrected chi connectivity index (χ3v) is 2.10. The minimum atomic E-state index is -0.0868. The van der Waals surface area contributed by atoms with Crippen LogP contribution in [0.3, 0.4) is 0 Å². The van der Waals surface area contributed by atoms with Crippen LogP contribution in [-0.2, 0) is 0 Å². The zero-order valence-electron chi connectivity index (χ0n) is 6.58. The average molecular weight is 165 g/mol. The molecule has 11 heavy (non-hydrogen) atoms. The van der Waals surface area contributed by atoms with Crippen LogP contribution >= 0.6 is 12.2 Å². The van der Waals surface area contributed by atoms with Crippen molar-refractivity contribution in [3.05, 3.63) is 24.3 Å². The minimum Gasteiger partial charge on any atom is -0.221 e. The lowest BCUT2D eigenvalue weighted by Crippen LogP contribution is -2.22. The Morgan fingerprint density at radius 2 is 2.45 bits per heavy atom. The first-order chi connectivity index (χ1) is 5.33. The number of hydrogen-bond donors (Lipinski definition) is 0. The van der Waals surface area contributed by atoms with Gasteiger partial charge in [-0.2, -0.15) is 0 Å². The lowest BCUT2D eigenvalue weighted by atomic mass is 9.89. The number of aliphatic imine (C=N–C) groups is 1. The molecule has 1 nitrogen and oxygen atoms in total. The molecule has 0 aliphatic heterocycles. The third kappa shape index (κ3) is 1.86. The molecular formula is C9H11NS. The Labute approximate surface area is 72.5 Å². The van der Waals surface area contributed by atoms with Gasteiger partial charge in [0.2, 0.25) is 0 Å². The Morgan fingerprint density at radius 3 is 2.91 bits per heavy atom. The van der Waals surface area contributed by atoms with Gasteiger partial charge in [-0.05, 0) is 25.1 Å². The van der Waals surface area contributed by atoms with Crippen LogP contribution in [0.1, 0.15) is 19.8 Å². The normalized spacial score (nSPS) is 28.1. The zero-order valence-corrected chi connectivity index (χ0v) is 7.40. The van der Waals surface area contributed by atoms with Gasteiger partial charge >= 0.3 is 0 Å². The number of rotatable bonds is 2. The van der Waals surface area contributed by atoms with E-state index in [1.807, 2.05) is 12.2 Å². The van der Waals surface area contributed by atoms with Crippen molar-refractivity contribution in [1.82, 2.24) is 0 Å². The molecule has 0 fully saturated rings. The summed E-state index contributed by atoms with van der Waals surface area (Å²) in [5.41, 5.74) is -0.0868. The Morgan fingerprint density at radius 1 is 1.64 bits per heavy atom. The van der Waals surface area contributed by atoms with E-state index in [2.05, 4.69) is 41.4 Å². The lowest BCUT2D eigenvalue weighted by Gasteiger charge is -2.23. The largest absolute Gasteiger partial charge is 0.221 e. The molecule has 0 bridgehead atoms. The van der Waals surface area contributed by atoms with Crippen molar-refractivity contribution in [3.8, 4) is 0 Å². The summed E-state index contributed by atoms with van der Waals surface area (Å²) >= 11 is 4.60. The quantitative estimate of drug-likeness (QED) is 0.452. The van der Waals surface area contributed by atoms with Crippen molar-refractivity contribution in [1.29, 1.82) is 0 Å². The molecule has 58 valence electrons. The van der Waals surface area contributed by atoms with Gasteiger partial charge in [0.25, 0.3) is 0 Å². The SMILES string of the molecule is CC[C@]1(N=C=S)C=CC=CC1.